The molecule has 1 N–H and O–H groups in total. The van der Waals surface area contributed by atoms with Crippen LogP contribution >= 0.6 is 0 Å². The highest BCUT2D eigenvalue weighted by atomic mass is 19.1. The second-order valence-corrected chi connectivity index (χ2v) is 4.35. The zero-order valence-electron chi connectivity index (χ0n) is 10.7. The van der Waals surface area contributed by atoms with Crippen molar-refractivity contribution in [3.8, 4) is 6.07 Å². The molecule has 0 aliphatic carbocycles. The van der Waals surface area contributed by atoms with Crippen molar-refractivity contribution in [1.82, 2.24) is 5.32 Å². The fourth-order valence-electron chi connectivity index (χ4n) is 1.82. The van der Waals surface area contributed by atoms with Gasteiger partial charge in [0, 0.05) is 12.0 Å². The Morgan fingerprint density at radius 1 is 1.15 bits per heavy atom. The lowest BCUT2D eigenvalue weighted by Gasteiger charge is -2.11. The van der Waals surface area contributed by atoms with Crippen molar-refractivity contribution in [2.45, 2.75) is 12.5 Å². The molecular formula is C16H13FN2O. The summed E-state index contributed by atoms with van der Waals surface area (Å²) in [6, 6.07) is 16.1. The van der Waals surface area contributed by atoms with Crippen molar-refractivity contribution < 1.29 is 9.18 Å². The fraction of sp³-hybridized carbons (Fsp3) is 0.125. The molecule has 0 aromatic heterocycles. The van der Waals surface area contributed by atoms with Crippen molar-refractivity contribution in [2.75, 3.05) is 0 Å². The quantitative estimate of drug-likeness (QED) is 0.926. The lowest BCUT2D eigenvalue weighted by atomic mass is 10.1. The monoisotopic (exact) mass is 268 g/mol. The second-order valence-electron chi connectivity index (χ2n) is 4.35. The summed E-state index contributed by atoms with van der Waals surface area (Å²) >= 11 is 0. The van der Waals surface area contributed by atoms with Crippen LogP contribution in [0.15, 0.2) is 54.6 Å². The van der Waals surface area contributed by atoms with E-state index < -0.39 is 11.9 Å². The molecule has 0 bridgehead atoms. The Labute approximate surface area is 116 Å². The molecule has 0 spiro atoms. The largest absolute Gasteiger partial charge is 0.336 e. The standard InChI is InChI=1S/C16H13FN2O/c17-14-8-6-13(7-9-14)16(20)19-15(11-18)10-12-4-2-1-3-5-12/h1-9,15H,10H2,(H,19,20). The number of hydrogen-bond acceptors (Lipinski definition) is 2. The minimum Gasteiger partial charge on any atom is -0.336 e. The highest BCUT2D eigenvalue weighted by Crippen LogP contribution is 2.06. The number of nitrogens with one attached hydrogen (secondary N) is 1. The van der Waals surface area contributed by atoms with E-state index in [0.29, 0.717) is 12.0 Å². The van der Waals surface area contributed by atoms with Gasteiger partial charge in [-0.05, 0) is 29.8 Å². The number of hydrogen-bond donors (Lipinski definition) is 1. The third-order valence-electron chi connectivity index (χ3n) is 2.85. The summed E-state index contributed by atoms with van der Waals surface area (Å²) in [6.07, 6.45) is 0.435. The van der Waals surface area contributed by atoms with Crippen LogP contribution in [0.2, 0.25) is 0 Å². The van der Waals surface area contributed by atoms with E-state index >= 15 is 0 Å². The van der Waals surface area contributed by atoms with Gasteiger partial charge >= 0.3 is 0 Å². The Morgan fingerprint density at radius 2 is 1.80 bits per heavy atom. The third-order valence-corrected chi connectivity index (χ3v) is 2.85. The number of rotatable bonds is 4. The van der Waals surface area contributed by atoms with Gasteiger partial charge in [0.2, 0.25) is 0 Å². The van der Waals surface area contributed by atoms with E-state index in [1.165, 1.54) is 24.3 Å². The molecule has 1 atom stereocenters. The van der Waals surface area contributed by atoms with Gasteiger partial charge in [0.15, 0.2) is 0 Å². The van der Waals surface area contributed by atoms with E-state index in [2.05, 4.69) is 11.4 Å². The van der Waals surface area contributed by atoms with E-state index in [9.17, 15) is 9.18 Å². The van der Waals surface area contributed by atoms with Crippen LogP contribution in [0.4, 0.5) is 4.39 Å². The Kier molecular flexibility index (Phi) is 4.46. The van der Waals surface area contributed by atoms with Gasteiger partial charge in [-0.2, -0.15) is 5.26 Å². The van der Waals surface area contributed by atoms with Crippen molar-refractivity contribution in [3.63, 3.8) is 0 Å². The number of amides is 1. The minimum atomic E-state index is -0.616. The summed E-state index contributed by atoms with van der Waals surface area (Å²) in [6.45, 7) is 0. The zero-order valence-corrected chi connectivity index (χ0v) is 10.7. The second kappa shape index (κ2) is 6.48. The predicted molar refractivity (Wildman–Crippen MR) is 73.4 cm³/mol. The van der Waals surface area contributed by atoms with Crippen LogP contribution in [0.1, 0.15) is 15.9 Å². The topological polar surface area (TPSA) is 52.9 Å². The minimum absolute atomic E-state index is 0.333. The first kappa shape index (κ1) is 13.8. The summed E-state index contributed by atoms with van der Waals surface area (Å²) in [5, 5.41) is 11.7. The molecule has 0 saturated heterocycles. The van der Waals surface area contributed by atoms with E-state index in [1.807, 2.05) is 30.3 Å². The van der Waals surface area contributed by atoms with Crippen LogP contribution in [-0.2, 0) is 6.42 Å². The Morgan fingerprint density at radius 3 is 2.40 bits per heavy atom. The number of carbonyl (C=O) groups is 1. The third kappa shape index (κ3) is 3.66. The fourth-order valence-corrected chi connectivity index (χ4v) is 1.82. The van der Waals surface area contributed by atoms with Crippen molar-refractivity contribution >= 4 is 5.91 Å². The molecule has 100 valence electrons. The molecule has 0 aliphatic rings. The van der Waals surface area contributed by atoms with E-state index in [1.54, 1.807) is 0 Å². The Balaban J connectivity index is 2.01. The molecule has 0 radical (unpaired) electrons. The van der Waals surface area contributed by atoms with Crippen molar-refractivity contribution in [1.29, 1.82) is 5.26 Å². The first-order valence-electron chi connectivity index (χ1n) is 6.19. The van der Waals surface area contributed by atoms with Crippen LogP contribution in [0.3, 0.4) is 0 Å². The molecule has 2 aromatic rings. The van der Waals surface area contributed by atoms with Gasteiger partial charge in [-0.1, -0.05) is 30.3 Å². The molecule has 20 heavy (non-hydrogen) atoms. The van der Waals surface area contributed by atoms with Crippen LogP contribution in [0.5, 0.6) is 0 Å². The van der Waals surface area contributed by atoms with Crippen LogP contribution in [0.25, 0.3) is 0 Å². The first-order chi connectivity index (χ1) is 9.69. The normalized spacial score (nSPS) is 11.4. The number of nitrogens with zero attached hydrogens (tertiary/aromatic N) is 1. The van der Waals surface area contributed by atoms with Gasteiger partial charge in [0.25, 0.3) is 5.91 Å². The van der Waals surface area contributed by atoms with Gasteiger partial charge in [0.1, 0.15) is 11.9 Å². The van der Waals surface area contributed by atoms with Crippen LogP contribution in [-0.4, -0.2) is 11.9 Å². The number of halogens is 1. The maximum Gasteiger partial charge on any atom is 0.252 e. The Bertz CT molecular complexity index is 617. The smallest absolute Gasteiger partial charge is 0.252 e. The molecule has 0 aliphatic heterocycles. The summed E-state index contributed by atoms with van der Waals surface area (Å²) in [7, 11) is 0. The van der Waals surface area contributed by atoms with Gasteiger partial charge < -0.3 is 5.32 Å². The summed E-state index contributed by atoms with van der Waals surface area (Å²) < 4.78 is 12.8. The number of nitriles is 1. The van der Waals surface area contributed by atoms with Gasteiger partial charge in [0.05, 0.1) is 6.07 Å². The first-order valence-corrected chi connectivity index (χ1v) is 6.19. The van der Waals surface area contributed by atoms with Crippen LogP contribution in [0, 0.1) is 17.1 Å². The van der Waals surface area contributed by atoms with Crippen molar-refractivity contribution in [3.05, 3.63) is 71.5 Å². The average Bonchev–Trinajstić information content (AvgIpc) is 2.48. The molecule has 4 heteroatoms. The molecule has 3 nitrogen and oxygen atoms in total. The molecule has 1 amide bonds. The zero-order chi connectivity index (χ0) is 14.4. The SMILES string of the molecule is N#CC(Cc1ccccc1)NC(=O)c1ccc(F)cc1. The summed E-state index contributed by atoms with van der Waals surface area (Å²) in [4.78, 5) is 11.9. The number of carbonyl (C=O) groups excluding carboxylic acids is 1. The molecule has 0 fully saturated rings. The highest BCUT2D eigenvalue weighted by molar-refractivity contribution is 5.94. The van der Waals surface area contributed by atoms with Crippen LogP contribution < -0.4 is 5.32 Å². The van der Waals surface area contributed by atoms with Gasteiger partial charge in [-0.3, -0.25) is 4.79 Å². The molecular weight excluding hydrogens is 255 g/mol. The maximum atomic E-state index is 12.8. The summed E-state index contributed by atoms with van der Waals surface area (Å²) in [5.41, 5.74) is 1.30. The van der Waals surface area contributed by atoms with E-state index in [-0.39, 0.29) is 5.91 Å². The Hall–Kier alpha value is -2.67. The van der Waals surface area contributed by atoms with Gasteiger partial charge in [-0.15, -0.1) is 0 Å². The molecule has 0 saturated carbocycles. The molecule has 1 unspecified atom stereocenters. The van der Waals surface area contributed by atoms with E-state index in [4.69, 9.17) is 5.26 Å². The summed E-state index contributed by atoms with van der Waals surface area (Å²) in [5.74, 6) is -0.782. The lowest BCUT2D eigenvalue weighted by Crippen LogP contribution is -2.35. The van der Waals surface area contributed by atoms with Crippen molar-refractivity contribution in [2.24, 2.45) is 0 Å². The average molecular weight is 268 g/mol. The molecule has 0 heterocycles. The van der Waals surface area contributed by atoms with Gasteiger partial charge in [-0.25, -0.2) is 4.39 Å². The maximum absolute atomic E-state index is 12.8. The highest BCUT2D eigenvalue weighted by Gasteiger charge is 2.13. The lowest BCUT2D eigenvalue weighted by molar-refractivity contribution is 0.0945. The molecule has 2 aromatic carbocycles. The predicted octanol–water partition coefficient (Wildman–Crippen LogP) is 2.69. The molecule has 2 rings (SSSR count). The number of benzene rings is 2. The van der Waals surface area contributed by atoms with E-state index in [0.717, 1.165) is 5.56 Å².